The van der Waals surface area contributed by atoms with E-state index in [4.69, 9.17) is 11.6 Å². The highest BCUT2D eigenvalue weighted by molar-refractivity contribution is 6.36. The summed E-state index contributed by atoms with van der Waals surface area (Å²) >= 11 is 6.28. The van der Waals surface area contributed by atoms with Crippen LogP contribution >= 0.6 is 11.6 Å². The molecule has 1 N–H and O–H groups in total. The van der Waals surface area contributed by atoms with Gasteiger partial charge < -0.3 is 5.32 Å². The lowest BCUT2D eigenvalue weighted by molar-refractivity contribution is -0.384. The molecule has 4 aliphatic heterocycles. The van der Waals surface area contributed by atoms with Crippen molar-refractivity contribution in [2.24, 2.45) is 11.8 Å². The molecular weight excluding hydrogens is 436 g/mol. The number of hydrogen-bond donors (Lipinski definition) is 1. The van der Waals surface area contributed by atoms with Gasteiger partial charge in [0.25, 0.3) is 5.69 Å². The Morgan fingerprint density at radius 3 is 2.69 bits per heavy atom. The van der Waals surface area contributed by atoms with E-state index >= 15 is 0 Å². The molecule has 32 heavy (non-hydrogen) atoms. The molecule has 0 aromatic heterocycles. The summed E-state index contributed by atoms with van der Waals surface area (Å²) in [6, 6.07) is 10.6. The molecule has 3 fully saturated rings. The van der Waals surface area contributed by atoms with Gasteiger partial charge in [0.2, 0.25) is 17.7 Å². The zero-order valence-electron chi connectivity index (χ0n) is 16.7. The van der Waals surface area contributed by atoms with Gasteiger partial charge in [0.15, 0.2) is 0 Å². The second-order valence-corrected chi connectivity index (χ2v) is 8.98. The lowest BCUT2D eigenvalue weighted by Crippen LogP contribution is -2.54. The van der Waals surface area contributed by atoms with Crippen LogP contribution in [-0.2, 0) is 19.9 Å². The Morgan fingerprint density at radius 2 is 1.91 bits per heavy atom. The number of amides is 3. The van der Waals surface area contributed by atoms with E-state index in [0.717, 1.165) is 17.4 Å². The summed E-state index contributed by atoms with van der Waals surface area (Å²) in [5.74, 6) is -2.99. The number of carbonyl (C=O) groups is 3. The number of nitrogens with zero attached hydrogens (tertiary/aromatic N) is 3. The number of carbonyl (C=O) groups excluding carboxylic acids is 3. The Labute approximate surface area is 187 Å². The summed E-state index contributed by atoms with van der Waals surface area (Å²) in [5.41, 5.74) is -0.245. The van der Waals surface area contributed by atoms with Crippen LogP contribution in [0.2, 0.25) is 5.02 Å². The maximum Gasteiger partial charge on any atom is 0.271 e. The first-order valence-electron chi connectivity index (χ1n) is 10.4. The number of imide groups is 1. The number of para-hydroxylation sites is 1. The number of nitrogens with one attached hydrogen (secondary N) is 1. The molecular formula is C22H17ClN4O5. The Balaban J connectivity index is 1.55. The van der Waals surface area contributed by atoms with E-state index in [2.05, 4.69) is 5.32 Å². The second-order valence-electron chi connectivity index (χ2n) is 8.58. The van der Waals surface area contributed by atoms with Crippen molar-refractivity contribution in [3.63, 3.8) is 0 Å². The van der Waals surface area contributed by atoms with E-state index < -0.39 is 34.1 Å². The average molecular weight is 453 g/mol. The average Bonchev–Trinajstić information content (AvgIpc) is 3.47. The zero-order chi connectivity index (χ0) is 22.4. The molecule has 3 amide bonds. The first kappa shape index (κ1) is 19.4. The van der Waals surface area contributed by atoms with Crippen molar-refractivity contribution in [2.45, 2.75) is 24.4 Å². The fraction of sp³-hybridized carbons (Fsp3) is 0.318. The highest BCUT2D eigenvalue weighted by Gasteiger charge is 2.74. The van der Waals surface area contributed by atoms with E-state index in [1.807, 2.05) is 23.1 Å². The summed E-state index contributed by atoms with van der Waals surface area (Å²) in [6.07, 6.45) is 1.50. The summed E-state index contributed by atoms with van der Waals surface area (Å²) in [4.78, 5) is 54.7. The van der Waals surface area contributed by atoms with E-state index in [1.54, 1.807) is 6.07 Å². The number of halogens is 1. The van der Waals surface area contributed by atoms with Gasteiger partial charge in [-0.1, -0.05) is 29.8 Å². The first-order chi connectivity index (χ1) is 15.4. The van der Waals surface area contributed by atoms with Crippen LogP contribution < -0.4 is 10.2 Å². The number of nitro benzene ring substituents is 1. The van der Waals surface area contributed by atoms with Crippen LogP contribution in [-0.4, -0.2) is 40.1 Å². The SMILES string of the molecule is O=C1[C@@H]2[C@H]3CCCN3[C@@]3(C(=O)Nc4ccccc43)[C@H]2C(=O)N1c1cc([N+](=O)[O-])ccc1Cl. The van der Waals surface area contributed by atoms with E-state index in [0.29, 0.717) is 24.2 Å². The summed E-state index contributed by atoms with van der Waals surface area (Å²) < 4.78 is 0. The van der Waals surface area contributed by atoms with Gasteiger partial charge in [-0.05, 0) is 31.5 Å². The van der Waals surface area contributed by atoms with Crippen molar-refractivity contribution in [2.75, 3.05) is 16.8 Å². The Morgan fingerprint density at radius 1 is 1.12 bits per heavy atom. The van der Waals surface area contributed by atoms with Crippen molar-refractivity contribution in [1.29, 1.82) is 0 Å². The van der Waals surface area contributed by atoms with Crippen LogP contribution in [0.3, 0.4) is 0 Å². The molecule has 2 aromatic rings. The van der Waals surface area contributed by atoms with Gasteiger partial charge in [0.05, 0.1) is 27.5 Å². The molecule has 1 spiro atoms. The van der Waals surface area contributed by atoms with Crippen LogP contribution in [0.15, 0.2) is 42.5 Å². The standard InChI is InChI=1S/C22H17ClN4O5/c23-13-8-7-11(27(31)32)10-16(13)26-19(28)17-15-6-3-9-25(15)22(18(17)20(26)29)12-4-1-2-5-14(12)24-21(22)30/h1-2,4-5,7-8,10,15,17-18H,3,6,9H2,(H,24,30)/t15-,17-,18-,22-/m1/s1. The van der Waals surface area contributed by atoms with Gasteiger partial charge >= 0.3 is 0 Å². The Kier molecular flexibility index (Phi) is 3.86. The van der Waals surface area contributed by atoms with Gasteiger partial charge in [-0.3, -0.25) is 29.4 Å². The highest BCUT2D eigenvalue weighted by Crippen LogP contribution is 2.60. The molecule has 4 atom stereocenters. The molecule has 0 radical (unpaired) electrons. The zero-order valence-corrected chi connectivity index (χ0v) is 17.4. The molecule has 6 rings (SSSR count). The molecule has 0 saturated carbocycles. The van der Waals surface area contributed by atoms with Crippen LogP contribution in [0.4, 0.5) is 17.1 Å². The molecule has 4 aliphatic rings. The van der Waals surface area contributed by atoms with Crippen molar-refractivity contribution < 1.29 is 19.3 Å². The molecule has 4 heterocycles. The molecule has 2 aromatic carbocycles. The largest absolute Gasteiger partial charge is 0.324 e. The number of rotatable bonds is 2. The fourth-order valence-electron chi connectivity index (χ4n) is 6.18. The lowest BCUT2D eigenvalue weighted by Gasteiger charge is -2.36. The summed E-state index contributed by atoms with van der Waals surface area (Å²) in [5, 5.41) is 14.3. The smallest absolute Gasteiger partial charge is 0.271 e. The molecule has 162 valence electrons. The molecule has 0 bridgehead atoms. The van der Waals surface area contributed by atoms with Gasteiger partial charge in [-0.25, -0.2) is 4.90 Å². The van der Waals surface area contributed by atoms with Gasteiger partial charge in [0, 0.05) is 29.4 Å². The maximum atomic E-state index is 13.8. The van der Waals surface area contributed by atoms with Gasteiger partial charge in [-0.15, -0.1) is 0 Å². The first-order valence-corrected chi connectivity index (χ1v) is 10.7. The van der Waals surface area contributed by atoms with Crippen LogP contribution in [0, 0.1) is 22.0 Å². The number of hydrogen-bond acceptors (Lipinski definition) is 6. The summed E-state index contributed by atoms with van der Waals surface area (Å²) in [6.45, 7) is 0.609. The third-order valence-electron chi connectivity index (χ3n) is 7.28. The van der Waals surface area contributed by atoms with Gasteiger partial charge in [-0.2, -0.15) is 0 Å². The van der Waals surface area contributed by atoms with E-state index in [1.165, 1.54) is 12.1 Å². The third kappa shape index (κ3) is 2.14. The minimum Gasteiger partial charge on any atom is -0.324 e. The predicted molar refractivity (Wildman–Crippen MR) is 114 cm³/mol. The van der Waals surface area contributed by atoms with Crippen molar-refractivity contribution in [3.05, 3.63) is 63.2 Å². The molecule has 0 unspecified atom stereocenters. The quantitative estimate of drug-likeness (QED) is 0.426. The van der Waals surface area contributed by atoms with Crippen LogP contribution in [0.5, 0.6) is 0 Å². The molecule has 0 aliphatic carbocycles. The number of anilines is 2. The number of benzene rings is 2. The molecule has 3 saturated heterocycles. The van der Waals surface area contributed by atoms with E-state index in [9.17, 15) is 24.5 Å². The number of fused-ring (bicyclic) bond motifs is 7. The van der Waals surface area contributed by atoms with Gasteiger partial charge in [0.1, 0.15) is 5.54 Å². The lowest BCUT2D eigenvalue weighted by atomic mass is 9.75. The van der Waals surface area contributed by atoms with Crippen molar-refractivity contribution in [1.82, 2.24) is 4.90 Å². The third-order valence-corrected chi connectivity index (χ3v) is 7.60. The highest BCUT2D eigenvalue weighted by atomic mass is 35.5. The van der Waals surface area contributed by atoms with Crippen LogP contribution in [0.1, 0.15) is 18.4 Å². The Hall–Kier alpha value is -3.30. The molecule has 9 nitrogen and oxygen atoms in total. The predicted octanol–water partition coefficient (Wildman–Crippen LogP) is 2.68. The van der Waals surface area contributed by atoms with Crippen molar-refractivity contribution >= 4 is 46.4 Å². The topological polar surface area (TPSA) is 113 Å². The van der Waals surface area contributed by atoms with Crippen molar-refractivity contribution in [3.8, 4) is 0 Å². The Bertz CT molecular complexity index is 1250. The second kappa shape index (κ2) is 6.36. The normalized spacial score (nSPS) is 30.6. The monoisotopic (exact) mass is 452 g/mol. The van der Waals surface area contributed by atoms with Crippen LogP contribution in [0.25, 0.3) is 0 Å². The molecule has 10 heteroatoms. The minimum absolute atomic E-state index is 0.0170. The van der Waals surface area contributed by atoms with E-state index in [-0.39, 0.29) is 28.3 Å². The minimum atomic E-state index is -1.28. The fourth-order valence-corrected chi connectivity index (χ4v) is 6.38. The number of non-ortho nitro benzene ring substituents is 1. The maximum absolute atomic E-state index is 13.8. The summed E-state index contributed by atoms with van der Waals surface area (Å²) in [7, 11) is 0. The number of nitro groups is 1.